The van der Waals surface area contributed by atoms with Crippen LogP contribution < -0.4 is 10.6 Å². The Morgan fingerprint density at radius 1 is 1.26 bits per heavy atom. The molecule has 3 N–H and O–H groups in total. The van der Waals surface area contributed by atoms with E-state index >= 15 is 0 Å². The second-order valence-electron chi connectivity index (χ2n) is 10.7. The van der Waals surface area contributed by atoms with E-state index in [1.165, 1.54) is 4.90 Å². The van der Waals surface area contributed by atoms with E-state index < -0.39 is 53.2 Å². The number of nitrogens with zero attached hydrogens (tertiary/aromatic N) is 1. The zero-order valence-electron chi connectivity index (χ0n) is 21.2. The molecule has 1 saturated carbocycles. The van der Waals surface area contributed by atoms with Crippen LogP contribution in [0, 0.1) is 5.92 Å². The van der Waals surface area contributed by atoms with Crippen molar-refractivity contribution in [2.45, 2.75) is 102 Å². The van der Waals surface area contributed by atoms with Crippen LogP contribution in [0.5, 0.6) is 0 Å². The summed E-state index contributed by atoms with van der Waals surface area (Å²) in [5.74, 6) is -1.62. The molecule has 2 aliphatic heterocycles. The van der Waals surface area contributed by atoms with Crippen LogP contribution in [0.2, 0.25) is 0 Å². The van der Waals surface area contributed by atoms with Crippen LogP contribution in [0.3, 0.4) is 0 Å². The average Bonchev–Trinajstić information content (AvgIpc) is 3.30. The van der Waals surface area contributed by atoms with Crippen LogP contribution in [0.1, 0.15) is 72.6 Å². The number of amides is 3. The van der Waals surface area contributed by atoms with E-state index in [1.54, 1.807) is 27.7 Å². The number of carbonyl (C=O) groups excluding carboxylic acids is 4. The van der Waals surface area contributed by atoms with Gasteiger partial charge in [0.05, 0.1) is 12.7 Å². The number of rotatable bonds is 3. The van der Waals surface area contributed by atoms with Gasteiger partial charge in [-0.15, -0.1) is 0 Å². The van der Waals surface area contributed by atoms with Gasteiger partial charge in [0.1, 0.15) is 23.2 Å². The first kappa shape index (κ1) is 27.0. The van der Waals surface area contributed by atoms with Gasteiger partial charge in [0.15, 0.2) is 0 Å². The van der Waals surface area contributed by atoms with Crippen LogP contribution in [0.15, 0.2) is 12.2 Å². The summed E-state index contributed by atoms with van der Waals surface area (Å²) >= 11 is 0. The van der Waals surface area contributed by atoms with Gasteiger partial charge in [-0.25, -0.2) is 9.59 Å². The van der Waals surface area contributed by atoms with Crippen LogP contribution >= 0.6 is 0 Å². The third-order valence-corrected chi connectivity index (χ3v) is 6.59. The number of aliphatic hydroxyl groups excluding tert-OH is 1. The summed E-state index contributed by atoms with van der Waals surface area (Å²) in [4.78, 5) is 53.4. The first-order valence-electron chi connectivity index (χ1n) is 12.6. The van der Waals surface area contributed by atoms with Crippen LogP contribution in [0.25, 0.3) is 0 Å². The fourth-order valence-electron chi connectivity index (χ4n) is 4.77. The lowest BCUT2D eigenvalue weighted by Gasteiger charge is -2.30. The molecule has 10 nitrogen and oxygen atoms in total. The monoisotopic (exact) mass is 493 g/mol. The predicted molar refractivity (Wildman–Crippen MR) is 127 cm³/mol. The molecule has 1 aliphatic carbocycles. The van der Waals surface area contributed by atoms with Crippen molar-refractivity contribution in [3.63, 3.8) is 0 Å². The minimum atomic E-state index is -1.15. The Morgan fingerprint density at radius 3 is 2.69 bits per heavy atom. The quantitative estimate of drug-likeness (QED) is 0.403. The van der Waals surface area contributed by atoms with Gasteiger partial charge in [-0.05, 0) is 53.4 Å². The minimum Gasteiger partial charge on any atom is -0.464 e. The second kappa shape index (κ2) is 11.0. The molecule has 0 aromatic heterocycles. The van der Waals surface area contributed by atoms with Crippen molar-refractivity contribution in [1.82, 2.24) is 15.5 Å². The van der Waals surface area contributed by atoms with Gasteiger partial charge in [-0.2, -0.15) is 0 Å². The first-order chi connectivity index (χ1) is 16.5. The molecular weight excluding hydrogens is 454 g/mol. The minimum absolute atomic E-state index is 0.0286. The lowest BCUT2D eigenvalue weighted by atomic mass is 10.0. The molecule has 0 spiro atoms. The third-order valence-electron chi connectivity index (χ3n) is 6.59. The lowest BCUT2D eigenvalue weighted by molar-refractivity contribution is -0.150. The Kier molecular flexibility index (Phi) is 8.46. The van der Waals surface area contributed by atoms with Crippen LogP contribution in [0.4, 0.5) is 4.79 Å². The summed E-state index contributed by atoms with van der Waals surface area (Å²) in [6.45, 7) is 7.08. The van der Waals surface area contributed by atoms with Crippen molar-refractivity contribution >= 4 is 23.9 Å². The maximum atomic E-state index is 13.5. The first-order valence-corrected chi connectivity index (χ1v) is 12.6. The maximum Gasteiger partial charge on any atom is 0.408 e. The molecule has 0 radical (unpaired) electrons. The van der Waals surface area contributed by atoms with E-state index in [2.05, 4.69) is 10.6 Å². The standard InChI is InChI=1S/C25H39N3O7/c1-5-34-22(32)25-14-16(25)11-9-7-6-8-10-12-18(26-23(33)35-24(2,3)4)21(31)28-15-17(29)13-19(28)20(30)27-25/h9,11,16-19,29H,5-8,10,12-15H2,1-4H3,(H,26,33)(H,27,30)/b11-9-/t16-,17+,18+,19?,25-/m1/s1. The molecule has 2 heterocycles. The number of fused-ring (bicyclic) bond motifs is 2. The van der Waals surface area contributed by atoms with Crippen molar-refractivity contribution in [1.29, 1.82) is 0 Å². The van der Waals surface area contributed by atoms with Crippen molar-refractivity contribution in [2.24, 2.45) is 5.92 Å². The van der Waals surface area contributed by atoms with Gasteiger partial charge < -0.3 is 30.1 Å². The molecule has 3 aliphatic rings. The number of hydrogen-bond donors (Lipinski definition) is 3. The van der Waals surface area contributed by atoms with Crippen molar-refractivity contribution < 1.29 is 33.8 Å². The normalized spacial score (nSPS) is 32.8. The molecule has 0 bridgehead atoms. The number of ether oxygens (including phenoxy) is 2. The highest BCUT2D eigenvalue weighted by atomic mass is 16.6. The van der Waals surface area contributed by atoms with Gasteiger partial charge in [-0.3, -0.25) is 9.59 Å². The van der Waals surface area contributed by atoms with Crippen molar-refractivity contribution in [2.75, 3.05) is 13.2 Å². The number of allylic oxidation sites excluding steroid dienone is 1. The molecule has 1 saturated heterocycles. The number of esters is 1. The molecular formula is C25H39N3O7. The molecule has 1 unspecified atom stereocenters. The van der Waals surface area contributed by atoms with Gasteiger partial charge >= 0.3 is 12.1 Å². The molecule has 0 aromatic rings. The highest BCUT2D eigenvalue weighted by Crippen LogP contribution is 2.46. The molecule has 3 rings (SSSR count). The van der Waals surface area contributed by atoms with E-state index in [4.69, 9.17) is 9.47 Å². The zero-order chi connectivity index (χ0) is 25.8. The molecule has 10 heteroatoms. The summed E-state index contributed by atoms with van der Waals surface area (Å²) in [6, 6.07) is -1.85. The van der Waals surface area contributed by atoms with E-state index in [0.717, 1.165) is 19.3 Å². The molecule has 3 amide bonds. The molecule has 5 atom stereocenters. The smallest absolute Gasteiger partial charge is 0.408 e. The third kappa shape index (κ3) is 6.74. The number of carbonyl (C=O) groups is 4. The van der Waals surface area contributed by atoms with E-state index in [9.17, 15) is 24.3 Å². The predicted octanol–water partition coefficient (Wildman–Crippen LogP) is 1.80. The fourth-order valence-corrected chi connectivity index (χ4v) is 4.77. The van der Waals surface area contributed by atoms with Crippen molar-refractivity contribution in [3.8, 4) is 0 Å². The Labute approximate surface area is 206 Å². The number of aliphatic hydroxyl groups is 1. The highest BCUT2D eigenvalue weighted by Gasteiger charge is 2.62. The van der Waals surface area contributed by atoms with Crippen LogP contribution in [-0.4, -0.2) is 76.4 Å². The van der Waals surface area contributed by atoms with Gasteiger partial charge in [-0.1, -0.05) is 25.0 Å². The highest BCUT2D eigenvalue weighted by molar-refractivity contribution is 5.96. The van der Waals surface area contributed by atoms with Crippen molar-refractivity contribution in [3.05, 3.63) is 12.2 Å². The number of nitrogens with one attached hydrogen (secondary N) is 2. The molecule has 0 aromatic carbocycles. The topological polar surface area (TPSA) is 134 Å². The van der Waals surface area contributed by atoms with E-state index in [-0.39, 0.29) is 25.5 Å². The summed E-state index contributed by atoms with van der Waals surface area (Å²) in [5.41, 5.74) is -1.88. The summed E-state index contributed by atoms with van der Waals surface area (Å²) < 4.78 is 10.6. The molecule has 2 fully saturated rings. The molecule has 35 heavy (non-hydrogen) atoms. The fraction of sp³-hybridized carbons (Fsp3) is 0.760. The average molecular weight is 494 g/mol. The zero-order valence-corrected chi connectivity index (χ0v) is 21.2. The Morgan fingerprint density at radius 2 is 2.00 bits per heavy atom. The summed E-state index contributed by atoms with van der Waals surface area (Å²) in [5, 5.41) is 15.8. The van der Waals surface area contributed by atoms with Crippen LogP contribution in [-0.2, 0) is 23.9 Å². The Balaban J connectivity index is 1.84. The Hall–Kier alpha value is -2.62. The van der Waals surface area contributed by atoms with E-state index in [0.29, 0.717) is 19.3 Å². The lowest BCUT2D eigenvalue weighted by Crippen LogP contribution is -2.56. The number of alkyl carbamates (subject to hydrolysis) is 1. The SMILES string of the molecule is CCOC(=O)[C@@]12C[C@H]1/C=C\CCCCC[C@H](NC(=O)OC(C)(C)C)C(=O)N1C[C@@H](O)CC1C(=O)N2. The van der Waals surface area contributed by atoms with Gasteiger partial charge in [0.2, 0.25) is 11.8 Å². The Bertz CT molecular complexity index is 852. The molecule has 196 valence electrons. The number of hydrogen-bond acceptors (Lipinski definition) is 7. The van der Waals surface area contributed by atoms with Gasteiger partial charge in [0, 0.05) is 18.9 Å². The largest absolute Gasteiger partial charge is 0.464 e. The second-order valence-corrected chi connectivity index (χ2v) is 10.7. The maximum absolute atomic E-state index is 13.5. The van der Waals surface area contributed by atoms with E-state index in [1.807, 2.05) is 12.2 Å². The summed E-state index contributed by atoms with van der Waals surface area (Å²) in [7, 11) is 0. The van der Waals surface area contributed by atoms with Gasteiger partial charge in [0.25, 0.3) is 0 Å². The summed E-state index contributed by atoms with van der Waals surface area (Å²) in [6.07, 6.45) is 6.49.